The van der Waals surface area contributed by atoms with Crippen LogP contribution in [0, 0.1) is 5.92 Å². The minimum atomic E-state index is -1.22. The van der Waals surface area contributed by atoms with Crippen LogP contribution in [0.3, 0.4) is 0 Å². The molecule has 3 atom stereocenters. The molecule has 1 saturated carbocycles. The fourth-order valence-corrected chi connectivity index (χ4v) is 2.02. The van der Waals surface area contributed by atoms with Crippen molar-refractivity contribution >= 4 is 6.29 Å². The number of phenolic OH excluding ortho intramolecular Hbond substituents is 1. The third-order valence-corrected chi connectivity index (χ3v) is 3.10. The van der Waals surface area contributed by atoms with Crippen LogP contribution >= 0.6 is 0 Å². The zero-order valence-corrected chi connectivity index (χ0v) is 8.55. The van der Waals surface area contributed by atoms with Gasteiger partial charge in [-0.05, 0) is 37.0 Å². The lowest BCUT2D eigenvalue weighted by Gasteiger charge is -2.15. The standard InChI is InChI=1S/C12H14O3/c1-12(15,7-13)11-6-10(11)8-2-4-9(14)5-3-8/h2-5,7,10-11,14-15H,6H2,1H3/t10-,11-,12-/m1/s1. The Hall–Kier alpha value is -1.35. The van der Waals surface area contributed by atoms with E-state index in [1.807, 2.05) is 12.1 Å². The summed E-state index contributed by atoms with van der Waals surface area (Å²) in [6, 6.07) is 6.92. The first kappa shape index (κ1) is 10.2. The summed E-state index contributed by atoms with van der Waals surface area (Å²) in [4.78, 5) is 10.6. The van der Waals surface area contributed by atoms with E-state index in [1.165, 1.54) is 0 Å². The molecule has 15 heavy (non-hydrogen) atoms. The number of hydrogen-bond donors (Lipinski definition) is 2. The topological polar surface area (TPSA) is 57.5 Å². The average Bonchev–Trinajstić information content (AvgIpc) is 2.99. The van der Waals surface area contributed by atoms with Crippen molar-refractivity contribution in [3.8, 4) is 5.75 Å². The van der Waals surface area contributed by atoms with Crippen LogP contribution in [-0.4, -0.2) is 22.1 Å². The fourth-order valence-electron chi connectivity index (χ4n) is 2.02. The molecule has 0 unspecified atom stereocenters. The maximum atomic E-state index is 10.6. The number of hydrogen-bond acceptors (Lipinski definition) is 3. The second kappa shape index (κ2) is 3.35. The first-order chi connectivity index (χ1) is 7.04. The lowest BCUT2D eigenvalue weighted by atomic mass is 9.98. The molecule has 80 valence electrons. The molecule has 0 aromatic heterocycles. The first-order valence-corrected chi connectivity index (χ1v) is 5.02. The highest BCUT2D eigenvalue weighted by Gasteiger charge is 2.49. The molecule has 2 N–H and O–H groups in total. The summed E-state index contributed by atoms with van der Waals surface area (Å²) in [5.74, 6) is 0.489. The van der Waals surface area contributed by atoms with Crippen molar-refractivity contribution in [2.24, 2.45) is 5.92 Å². The maximum Gasteiger partial charge on any atom is 0.151 e. The summed E-state index contributed by atoms with van der Waals surface area (Å²) in [7, 11) is 0. The minimum Gasteiger partial charge on any atom is -0.508 e. The molecule has 1 aliphatic carbocycles. The van der Waals surface area contributed by atoms with Crippen molar-refractivity contribution in [2.75, 3.05) is 0 Å². The predicted molar refractivity (Wildman–Crippen MR) is 55.6 cm³/mol. The number of carbonyl (C=O) groups is 1. The van der Waals surface area contributed by atoms with E-state index in [2.05, 4.69) is 0 Å². The van der Waals surface area contributed by atoms with Gasteiger partial charge >= 0.3 is 0 Å². The van der Waals surface area contributed by atoms with E-state index in [4.69, 9.17) is 5.11 Å². The van der Waals surface area contributed by atoms with Crippen LogP contribution in [0.5, 0.6) is 5.75 Å². The van der Waals surface area contributed by atoms with Crippen LogP contribution in [0.4, 0.5) is 0 Å². The van der Waals surface area contributed by atoms with Gasteiger partial charge in [0.15, 0.2) is 6.29 Å². The van der Waals surface area contributed by atoms with Crippen molar-refractivity contribution < 1.29 is 15.0 Å². The summed E-state index contributed by atoms with van der Waals surface area (Å²) in [5.41, 5.74) is -0.150. The molecule has 2 rings (SSSR count). The Balaban J connectivity index is 2.11. The van der Waals surface area contributed by atoms with Crippen LogP contribution in [0.25, 0.3) is 0 Å². The van der Waals surface area contributed by atoms with Crippen LogP contribution in [0.15, 0.2) is 24.3 Å². The van der Waals surface area contributed by atoms with Gasteiger partial charge in [0.2, 0.25) is 0 Å². The summed E-state index contributed by atoms with van der Waals surface area (Å²) < 4.78 is 0. The lowest BCUT2D eigenvalue weighted by Crippen LogP contribution is -2.29. The molecule has 1 aromatic carbocycles. The maximum absolute atomic E-state index is 10.6. The lowest BCUT2D eigenvalue weighted by molar-refractivity contribution is -0.124. The van der Waals surface area contributed by atoms with Gasteiger partial charge in [0, 0.05) is 5.92 Å². The van der Waals surface area contributed by atoms with Crippen molar-refractivity contribution in [3.63, 3.8) is 0 Å². The summed E-state index contributed by atoms with van der Waals surface area (Å²) in [6.45, 7) is 1.55. The molecule has 0 spiro atoms. The molecular formula is C12H14O3. The molecule has 0 saturated heterocycles. The normalized spacial score (nSPS) is 28.1. The van der Waals surface area contributed by atoms with Gasteiger partial charge in [-0.15, -0.1) is 0 Å². The Morgan fingerprint density at radius 2 is 2.00 bits per heavy atom. The van der Waals surface area contributed by atoms with E-state index < -0.39 is 5.60 Å². The number of rotatable bonds is 3. The molecule has 1 aromatic rings. The fraction of sp³-hybridized carbons (Fsp3) is 0.417. The monoisotopic (exact) mass is 206 g/mol. The molecule has 0 radical (unpaired) electrons. The van der Waals surface area contributed by atoms with Crippen LogP contribution < -0.4 is 0 Å². The second-order valence-electron chi connectivity index (χ2n) is 4.38. The highest BCUT2D eigenvalue weighted by Crippen LogP contribution is 2.52. The molecule has 3 nitrogen and oxygen atoms in total. The van der Waals surface area contributed by atoms with Crippen LogP contribution in [0.2, 0.25) is 0 Å². The number of aliphatic hydroxyl groups is 1. The number of benzene rings is 1. The third kappa shape index (κ3) is 1.88. The van der Waals surface area contributed by atoms with Gasteiger partial charge in [-0.25, -0.2) is 0 Å². The molecule has 3 heteroatoms. The van der Waals surface area contributed by atoms with Gasteiger partial charge in [-0.2, -0.15) is 0 Å². The van der Waals surface area contributed by atoms with Gasteiger partial charge in [0.25, 0.3) is 0 Å². The van der Waals surface area contributed by atoms with Crippen molar-refractivity contribution in [1.82, 2.24) is 0 Å². The molecule has 0 aliphatic heterocycles. The van der Waals surface area contributed by atoms with Gasteiger partial charge in [-0.3, -0.25) is 0 Å². The van der Waals surface area contributed by atoms with E-state index in [1.54, 1.807) is 19.1 Å². The van der Waals surface area contributed by atoms with E-state index >= 15 is 0 Å². The quantitative estimate of drug-likeness (QED) is 0.736. The Labute approximate surface area is 88.4 Å². The number of carbonyl (C=O) groups excluding carboxylic acids is 1. The van der Waals surface area contributed by atoms with E-state index in [0.29, 0.717) is 6.29 Å². The van der Waals surface area contributed by atoms with Gasteiger partial charge in [-0.1, -0.05) is 12.1 Å². The summed E-state index contributed by atoms with van der Waals surface area (Å²) >= 11 is 0. The Morgan fingerprint density at radius 1 is 1.40 bits per heavy atom. The zero-order valence-electron chi connectivity index (χ0n) is 8.55. The smallest absolute Gasteiger partial charge is 0.151 e. The highest BCUT2D eigenvalue weighted by atomic mass is 16.3. The minimum absolute atomic E-state index is 0.0135. The Kier molecular flexibility index (Phi) is 2.27. The third-order valence-electron chi connectivity index (χ3n) is 3.10. The van der Waals surface area contributed by atoms with E-state index in [-0.39, 0.29) is 17.6 Å². The summed E-state index contributed by atoms with van der Waals surface area (Å²) in [5, 5.41) is 18.9. The summed E-state index contributed by atoms with van der Waals surface area (Å²) in [6.07, 6.45) is 1.44. The molecule has 1 fully saturated rings. The zero-order chi connectivity index (χ0) is 11.1. The van der Waals surface area contributed by atoms with Gasteiger partial charge in [0.05, 0.1) is 0 Å². The number of aromatic hydroxyl groups is 1. The molecule has 0 bridgehead atoms. The Bertz CT molecular complexity index is 367. The Morgan fingerprint density at radius 3 is 2.53 bits per heavy atom. The number of phenols is 1. The predicted octanol–water partition coefficient (Wildman–Crippen LogP) is 1.45. The first-order valence-electron chi connectivity index (χ1n) is 5.02. The average molecular weight is 206 g/mol. The van der Waals surface area contributed by atoms with Crippen molar-refractivity contribution in [3.05, 3.63) is 29.8 Å². The van der Waals surface area contributed by atoms with E-state index in [9.17, 15) is 9.90 Å². The van der Waals surface area contributed by atoms with Crippen molar-refractivity contribution in [1.29, 1.82) is 0 Å². The van der Waals surface area contributed by atoms with Crippen LogP contribution in [0.1, 0.15) is 24.8 Å². The van der Waals surface area contributed by atoms with E-state index in [0.717, 1.165) is 12.0 Å². The molecule has 0 amide bonds. The van der Waals surface area contributed by atoms with Gasteiger partial charge in [0.1, 0.15) is 11.4 Å². The van der Waals surface area contributed by atoms with Crippen LogP contribution in [-0.2, 0) is 4.79 Å². The molecule has 1 aliphatic rings. The highest BCUT2D eigenvalue weighted by molar-refractivity contribution is 5.63. The SMILES string of the molecule is C[C@@](O)(C=O)[C@@H]1C[C@@H]1c1ccc(O)cc1. The molecular weight excluding hydrogens is 192 g/mol. The number of aldehydes is 1. The molecule has 0 heterocycles. The second-order valence-corrected chi connectivity index (χ2v) is 4.38. The van der Waals surface area contributed by atoms with Crippen molar-refractivity contribution in [2.45, 2.75) is 24.9 Å². The van der Waals surface area contributed by atoms with Gasteiger partial charge < -0.3 is 15.0 Å². The largest absolute Gasteiger partial charge is 0.508 e.